The molecule has 1 amide bonds. The molecule has 0 spiro atoms. The van der Waals surface area contributed by atoms with Crippen LogP contribution in [-0.4, -0.2) is 19.0 Å². The van der Waals surface area contributed by atoms with Crippen molar-refractivity contribution in [2.24, 2.45) is 5.41 Å². The van der Waals surface area contributed by atoms with Gasteiger partial charge in [0.1, 0.15) is 5.82 Å². The Bertz CT molecular complexity index is 487. The van der Waals surface area contributed by atoms with E-state index in [1.54, 1.807) is 6.07 Å². The topological polar surface area (TPSA) is 41.1 Å². The molecule has 1 atom stereocenters. The molecule has 1 aromatic carbocycles. The highest BCUT2D eigenvalue weighted by molar-refractivity contribution is 9.10. The summed E-state index contributed by atoms with van der Waals surface area (Å²) in [6.45, 7) is 4.06. The zero-order valence-corrected chi connectivity index (χ0v) is 13.2. The first kappa shape index (κ1) is 15.4. The molecule has 0 saturated carbocycles. The van der Waals surface area contributed by atoms with Crippen LogP contribution in [0.15, 0.2) is 22.7 Å². The second-order valence-electron chi connectivity index (χ2n) is 5.38. The van der Waals surface area contributed by atoms with Gasteiger partial charge < -0.3 is 10.6 Å². The molecule has 0 bridgehead atoms. The summed E-state index contributed by atoms with van der Waals surface area (Å²) < 4.78 is 14.0. The van der Waals surface area contributed by atoms with Crippen molar-refractivity contribution < 1.29 is 9.18 Å². The van der Waals surface area contributed by atoms with Gasteiger partial charge in [-0.1, -0.05) is 29.3 Å². The fourth-order valence-corrected chi connectivity index (χ4v) is 3.17. The van der Waals surface area contributed by atoms with Crippen molar-refractivity contribution in [2.75, 3.05) is 13.1 Å². The van der Waals surface area contributed by atoms with Gasteiger partial charge >= 0.3 is 0 Å². The van der Waals surface area contributed by atoms with E-state index in [9.17, 15) is 9.18 Å². The molecule has 0 radical (unpaired) electrons. The van der Waals surface area contributed by atoms with Gasteiger partial charge in [-0.25, -0.2) is 4.39 Å². The molecule has 1 saturated heterocycles. The molecule has 1 unspecified atom stereocenters. The number of halogens is 2. The van der Waals surface area contributed by atoms with Crippen LogP contribution in [0.3, 0.4) is 0 Å². The first-order valence-corrected chi connectivity index (χ1v) is 7.80. The summed E-state index contributed by atoms with van der Waals surface area (Å²) in [5, 5.41) is 6.23. The third-order valence-corrected chi connectivity index (χ3v) is 4.67. The minimum absolute atomic E-state index is 0.0699. The molecular formula is C15H20BrFN2O. The van der Waals surface area contributed by atoms with Gasteiger partial charge in [0.2, 0.25) is 5.91 Å². The van der Waals surface area contributed by atoms with E-state index >= 15 is 0 Å². The summed E-state index contributed by atoms with van der Waals surface area (Å²) in [7, 11) is 0. The molecule has 0 aromatic heterocycles. The second-order valence-corrected chi connectivity index (χ2v) is 6.23. The number of benzene rings is 1. The summed E-state index contributed by atoms with van der Waals surface area (Å²) >= 11 is 3.38. The van der Waals surface area contributed by atoms with E-state index in [2.05, 4.69) is 33.5 Å². The van der Waals surface area contributed by atoms with Crippen LogP contribution in [0, 0.1) is 11.2 Å². The smallest absolute Gasteiger partial charge is 0.227 e. The number of carbonyl (C=O) groups is 1. The molecule has 1 heterocycles. The van der Waals surface area contributed by atoms with Crippen LogP contribution in [-0.2, 0) is 11.3 Å². The molecule has 1 aliphatic rings. The highest BCUT2D eigenvalue weighted by atomic mass is 79.9. The maximum atomic E-state index is 13.2. The predicted octanol–water partition coefficient (Wildman–Crippen LogP) is 2.98. The minimum atomic E-state index is -0.297. The number of amides is 1. The number of rotatable bonds is 5. The Morgan fingerprint density at radius 1 is 1.55 bits per heavy atom. The lowest BCUT2D eigenvalue weighted by Gasteiger charge is -2.26. The van der Waals surface area contributed by atoms with Crippen LogP contribution < -0.4 is 10.6 Å². The zero-order chi connectivity index (χ0) is 14.6. The van der Waals surface area contributed by atoms with Gasteiger partial charge in [0.25, 0.3) is 0 Å². The van der Waals surface area contributed by atoms with Crippen LogP contribution in [0.25, 0.3) is 0 Å². The van der Waals surface area contributed by atoms with Gasteiger partial charge in [0, 0.05) is 17.6 Å². The van der Waals surface area contributed by atoms with Crippen LogP contribution in [0.2, 0.25) is 0 Å². The highest BCUT2D eigenvalue weighted by Gasteiger charge is 2.39. The predicted molar refractivity (Wildman–Crippen MR) is 80.8 cm³/mol. The average molecular weight is 343 g/mol. The molecular weight excluding hydrogens is 323 g/mol. The zero-order valence-electron chi connectivity index (χ0n) is 11.6. The molecule has 20 heavy (non-hydrogen) atoms. The lowest BCUT2D eigenvalue weighted by Crippen LogP contribution is -2.42. The first-order chi connectivity index (χ1) is 9.57. The average Bonchev–Trinajstić information content (AvgIpc) is 2.90. The van der Waals surface area contributed by atoms with Gasteiger partial charge in [-0.05, 0) is 43.1 Å². The Morgan fingerprint density at radius 3 is 3.00 bits per heavy atom. The maximum absolute atomic E-state index is 13.2. The van der Waals surface area contributed by atoms with E-state index in [0.717, 1.165) is 42.4 Å². The summed E-state index contributed by atoms with van der Waals surface area (Å²) in [5.74, 6) is -0.219. The molecule has 1 aromatic rings. The van der Waals surface area contributed by atoms with Crippen LogP contribution in [0.1, 0.15) is 31.7 Å². The first-order valence-electron chi connectivity index (χ1n) is 7.00. The summed E-state index contributed by atoms with van der Waals surface area (Å²) in [5.41, 5.74) is 0.463. The van der Waals surface area contributed by atoms with Crippen molar-refractivity contribution in [3.8, 4) is 0 Å². The van der Waals surface area contributed by atoms with Crippen LogP contribution >= 0.6 is 15.9 Å². The van der Waals surface area contributed by atoms with Crippen LogP contribution in [0.4, 0.5) is 4.39 Å². The fraction of sp³-hybridized carbons (Fsp3) is 0.533. The van der Waals surface area contributed by atoms with Crippen molar-refractivity contribution >= 4 is 21.8 Å². The van der Waals surface area contributed by atoms with Crippen molar-refractivity contribution in [1.29, 1.82) is 0 Å². The highest BCUT2D eigenvalue weighted by Crippen LogP contribution is 2.31. The van der Waals surface area contributed by atoms with E-state index in [-0.39, 0.29) is 17.1 Å². The van der Waals surface area contributed by atoms with Gasteiger partial charge in [-0.15, -0.1) is 0 Å². The fourth-order valence-electron chi connectivity index (χ4n) is 2.78. The van der Waals surface area contributed by atoms with Gasteiger partial charge in [-0.2, -0.15) is 0 Å². The lowest BCUT2D eigenvalue weighted by molar-refractivity contribution is -0.130. The Hall–Kier alpha value is -0.940. The second kappa shape index (κ2) is 6.68. The third kappa shape index (κ3) is 3.38. The summed E-state index contributed by atoms with van der Waals surface area (Å²) in [6, 6.07) is 4.51. The standard InChI is InChI=1S/C15H20BrFN2O/c1-2-5-15(6-7-18-10-15)14(20)19-9-11-8-12(17)3-4-13(11)16/h3-4,8,18H,2,5-7,9-10H2,1H3,(H,19,20). The van der Waals surface area contributed by atoms with Gasteiger partial charge in [0.15, 0.2) is 0 Å². The number of carbonyl (C=O) groups excluding carboxylic acids is 1. The maximum Gasteiger partial charge on any atom is 0.227 e. The molecule has 1 aliphatic heterocycles. The van der Waals surface area contributed by atoms with Gasteiger partial charge in [-0.3, -0.25) is 4.79 Å². The quantitative estimate of drug-likeness (QED) is 0.863. The Balaban J connectivity index is 2.02. The van der Waals surface area contributed by atoms with E-state index < -0.39 is 0 Å². The lowest BCUT2D eigenvalue weighted by atomic mass is 9.81. The summed E-state index contributed by atoms with van der Waals surface area (Å²) in [6.07, 6.45) is 2.74. The van der Waals surface area contributed by atoms with E-state index in [0.29, 0.717) is 6.54 Å². The Kier molecular flexibility index (Phi) is 5.16. The largest absolute Gasteiger partial charge is 0.351 e. The molecule has 1 fully saturated rings. The van der Waals surface area contributed by atoms with Crippen molar-refractivity contribution in [3.05, 3.63) is 34.1 Å². The molecule has 2 rings (SSSR count). The third-order valence-electron chi connectivity index (χ3n) is 3.90. The number of nitrogens with one attached hydrogen (secondary N) is 2. The Morgan fingerprint density at radius 2 is 2.35 bits per heavy atom. The number of hydrogen-bond acceptors (Lipinski definition) is 2. The molecule has 110 valence electrons. The van der Waals surface area contributed by atoms with Gasteiger partial charge in [0.05, 0.1) is 5.41 Å². The molecule has 0 aliphatic carbocycles. The van der Waals surface area contributed by atoms with E-state index in [4.69, 9.17) is 0 Å². The minimum Gasteiger partial charge on any atom is -0.351 e. The van der Waals surface area contributed by atoms with E-state index in [1.165, 1.54) is 12.1 Å². The van der Waals surface area contributed by atoms with Crippen molar-refractivity contribution in [2.45, 2.75) is 32.7 Å². The molecule has 5 heteroatoms. The molecule has 2 N–H and O–H groups in total. The summed E-state index contributed by atoms with van der Waals surface area (Å²) in [4.78, 5) is 12.5. The van der Waals surface area contributed by atoms with Crippen molar-refractivity contribution in [1.82, 2.24) is 10.6 Å². The number of hydrogen-bond donors (Lipinski definition) is 2. The normalized spacial score (nSPS) is 21.9. The molecule has 3 nitrogen and oxygen atoms in total. The van der Waals surface area contributed by atoms with E-state index in [1.807, 2.05) is 0 Å². The Labute approximate surface area is 127 Å². The monoisotopic (exact) mass is 342 g/mol. The van der Waals surface area contributed by atoms with Crippen LogP contribution in [0.5, 0.6) is 0 Å². The SMILES string of the molecule is CCCC1(C(=O)NCc2cc(F)ccc2Br)CCNC1. The van der Waals surface area contributed by atoms with Crippen molar-refractivity contribution in [3.63, 3.8) is 0 Å².